The largest absolute Gasteiger partial charge is 0.419 e. The quantitative estimate of drug-likeness (QED) is 0.631. The van der Waals surface area contributed by atoms with Crippen molar-refractivity contribution < 1.29 is 9.34 Å². The number of hydrogen-bond acceptors (Lipinski definition) is 5. The van der Waals surface area contributed by atoms with Crippen LogP contribution in [0.5, 0.6) is 0 Å². The number of non-ortho nitro benzene ring substituents is 1. The Morgan fingerprint density at radius 1 is 1.16 bits per heavy atom. The minimum Gasteiger partial charge on any atom is -0.372 e. The summed E-state index contributed by atoms with van der Waals surface area (Å²) < 4.78 is 4.24. The fraction of sp³-hybridized carbons (Fsp3) is 0.333. The topological polar surface area (TPSA) is 106 Å². The smallest absolute Gasteiger partial charge is 0.372 e. The highest BCUT2D eigenvalue weighted by molar-refractivity contribution is 5.79. The molecule has 19 heavy (non-hydrogen) atoms. The number of nitro groups is 1. The van der Waals surface area contributed by atoms with Gasteiger partial charge in [-0.25, -0.2) is 9.59 Å². The van der Waals surface area contributed by atoms with Crippen LogP contribution in [0.3, 0.4) is 0 Å². The summed E-state index contributed by atoms with van der Waals surface area (Å²) in [6.45, 7) is 8.00. The lowest BCUT2D eigenvalue weighted by Gasteiger charge is -1.94. The van der Waals surface area contributed by atoms with Gasteiger partial charge in [-0.05, 0) is 6.07 Å². The third-order valence-corrected chi connectivity index (χ3v) is 1.86. The first-order valence-electron chi connectivity index (χ1n) is 5.89. The second-order valence-electron chi connectivity index (χ2n) is 2.79. The van der Waals surface area contributed by atoms with Crippen LogP contribution in [-0.2, 0) is 0 Å². The molecule has 0 fully saturated rings. The lowest BCUT2D eigenvalue weighted by atomic mass is 10.2. The van der Waals surface area contributed by atoms with Gasteiger partial charge in [-0.3, -0.25) is 15.1 Å². The second kappa shape index (κ2) is 7.80. The Balaban J connectivity index is 0.000000741. The molecule has 0 aliphatic rings. The zero-order valence-electron chi connectivity index (χ0n) is 11.2. The van der Waals surface area contributed by atoms with Crippen LogP contribution in [0.1, 0.15) is 27.7 Å². The third kappa shape index (κ3) is 4.06. The molecule has 1 heterocycles. The van der Waals surface area contributed by atoms with Gasteiger partial charge in [0.1, 0.15) is 0 Å². The summed E-state index contributed by atoms with van der Waals surface area (Å²) in [4.78, 5) is 34.0. The van der Waals surface area contributed by atoms with E-state index in [9.17, 15) is 19.7 Å². The molecule has 1 N–H and O–H groups in total. The van der Waals surface area contributed by atoms with Gasteiger partial charge in [0.25, 0.3) is 5.69 Å². The Kier molecular flexibility index (Phi) is 6.80. The number of rotatable bonds is 1. The number of H-pyrrole nitrogens is 1. The summed E-state index contributed by atoms with van der Waals surface area (Å²) in [6.07, 6.45) is 0. The number of hydrogen-bond donors (Lipinski definition) is 1. The van der Waals surface area contributed by atoms with Crippen molar-refractivity contribution in [1.29, 1.82) is 0 Å². The van der Waals surface area contributed by atoms with Gasteiger partial charge in [0.2, 0.25) is 0 Å². The van der Waals surface area contributed by atoms with Crippen LogP contribution in [0, 0.1) is 10.1 Å². The molecule has 0 radical (unpaired) electrons. The van der Waals surface area contributed by atoms with Crippen molar-refractivity contribution >= 4 is 16.6 Å². The van der Waals surface area contributed by atoms with Crippen LogP contribution in [0.25, 0.3) is 10.9 Å². The summed E-state index contributed by atoms with van der Waals surface area (Å²) >= 11 is 0. The summed E-state index contributed by atoms with van der Waals surface area (Å²) in [5.74, 6) is -0.888. The van der Waals surface area contributed by atoms with Crippen LogP contribution in [-0.4, -0.2) is 9.91 Å². The highest BCUT2D eigenvalue weighted by atomic mass is 16.6. The van der Waals surface area contributed by atoms with E-state index in [1.54, 1.807) is 0 Å². The normalized spacial score (nSPS) is 8.84. The van der Waals surface area contributed by atoms with Crippen LogP contribution < -0.4 is 11.4 Å². The van der Waals surface area contributed by atoms with Gasteiger partial charge < -0.3 is 4.42 Å². The van der Waals surface area contributed by atoms with Crippen molar-refractivity contribution in [3.8, 4) is 0 Å². The van der Waals surface area contributed by atoms with Gasteiger partial charge in [-0.1, -0.05) is 27.7 Å². The average molecular weight is 268 g/mol. The highest BCUT2D eigenvalue weighted by Gasteiger charge is 2.09. The maximum Gasteiger partial charge on any atom is 0.419 e. The third-order valence-electron chi connectivity index (χ3n) is 1.86. The van der Waals surface area contributed by atoms with Gasteiger partial charge >= 0.3 is 11.4 Å². The molecule has 0 spiro atoms. The zero-order valence-corrected chi connectivity index (χ0v) is 11.2. The van der Waals surface area contributed by atoms with E-state index in [1.807, 2.05) is 27.7 Å². The van der Waals surface area contributed by atoms with E-state index in [1.165, 1.54) is 12.1 Å². The minimum absolute atomic E-state index is 0.0243. The summed E-state index contributed by atoms with van der Waals surface area (Å²) in [6, 6.07) is 3.53. The summed E-state index contributed by atoms with van der Waals surface area (Å²) in [5.41, 5.74) is -0.916. The molecule has 104 valence electrons. The SMILES string of the molecule is CC.CC.O=c1[nH]c2ccc([N+](=O)[O-])cc2c(=O)o1. The summed E-state index contributed by atoms with van der Waals surface area (Å²) in [7, 11) is 0. The van der Waals surface area contributed by atoms with Crippen molar-refractivity contribution in [3.05, 3.63) is 49.3 Å². The molecule has 0 atom stereocenters. The summed E-state index contributed by atoms with van der Waals surface area (Å²) in [5, 5.41) is 10.4. The first-order valence-corrected chi connectivity index (χ1v) is 5.89. The van der Waals surface area contributed by atoms with E-state index < -0.39 is 16.3 Å². The Labute approximate surface area is 109 Å². The first kappa shape index (κ1) is 16.6. The molecule has 0 amide bonds. The predicted octanol–water partition coefficient (Wildman–Crippen LogP) is 2.44. The number of nitro benzene ring substituents is 1. The van der Waals surface area contributed by atoms with Gasteiger partial charge in [-0.2, -0.15) is 0 Å². The van der Waals surface area contributed by atoms with Crippen LogP contribution in [0.15, 0.2) is 32.2 Å². The van der Waals surface area contributed by atoms with E-state index in [4.69, 9.17) is 0 Å². The number of fused-ring (bicyclic) bond motifs is 1. The van der Waals surface area contributed by atoms with E-state index in [2.05, 4.69) is 9.40 Å². The molecule has 0 aliphatic carbocycles. The van der Waals surface area contributed by atoms with Crippen molar-refractivity contribution in [3.63, 3.8) is 0 Å². The predicted molar refractivity (Wildman–Crippen MR) is 72.5 cm³/mol. The van der Waals surface area contributed by atoms with Gasteiger partial charge in [0.05, 0.1) is 15.8 Å². The Morgan fingerprint density at radius 3 is 2.26 bits per heavy atom. The zero-order chi connectivity index (χ0) is 15.0. The van der Waals surface area contributed by atoms with Crippen LogP contribution in [0.2, 0.25) is 0 Å². The molecule has 0 unspecified atom stereocenters. The van der Waals surface area contributed by atoms with E-state index in [-0.39, 0.29) is 16.6 Å². The van der Waals surface area contributed by atoms with Crippen molar-refractivity contribution in [2.75, 3.05) is 0 Å². The molecule has 2 rings (SSSR count). The Hall–Kier alpha value is -2.44. The molecule has 7 heteroatoms. The molecule has 7 nitrogen and oxygen atoms in total. The van der Waals surface area contributed by atoms with Crippen LogP contribution >= 0.6 is 0 Å². The fourth-order valence-electron chi connectivity index (χ4n) is 1.20. The second-order valence-corrected chi connectivity index (χ2v) is 2.79. The minimum atomic E-state index is -0.891. The monoisotopic (exact) mass is 268 g/mol. The Bertz CT molecular complexity index is 657. The average Bonchev–Trinajstić information content (AvgIpc) is 2.42. The molecule has 1 aromatic carbocycles. The van der Waals surface area contributed by atoms with E-state index >= 15 is 0 Å². The van der Waals surface area contributed by atoms with Crippen molar-refractivity contribution in [2.45, 2.75) is 27.7 Å². The first-order chi connectivity index (χ1) is 9.08. The fourth-order valence-corrected chi connectivity index (χ4v) is 1.20. The number of aromatic amines is 1. The van der Waals surface area contributed by atoms with E-state index in [0.717, 1.165) is 6.07 Å². The number of nitrogens with one attached hydrogen (secondary N) is 1. The molecule has 0 bridgehead atoms. The molecule has 0 saturated heterocycles. The number of nitrogens with zero attached hydrogens (tertiary/aromatic N) is 1. The Morgan fingerprint density at radius 2 is 1.74 bits per heavy atom. The molecule has 1 aromatic heterocycles. The highest BCUT2D eigenvalue weighted by Crippen LogP contribution is 2.15. The molecule has 2 aromatic rings. The van der Waals surface area contributed by atoms with Crippen LogP contribution in [0.4, 0.5) is 5.69 Å². The van der Waals surface area contributed by atoms with E-state index in [0.29, 0.717) is 0 Å². The number of aromatic nitrogens is 1. The molecular formula is C12H16N2O5. The van der Waals surface area contributed by atoms with Gasteiger partial charge in [-0.15, -0.1) is 0 Å². The van der Waals surface area contributed by atoms with Crippen molar-refractivity contribution in [2.24, 2.45) is 0 Å². The maximum atomic E-state index is 11.2. The molecule has 0 aliphatic heterocycles. The van der Waals surface area contributed by atoms with Crippen molar-refractivity contribution in [1.82, 2.24) is 4.98 Å². The van der Waals surface area contributed by atoms with Gasteiger partial charge in [0.15, 0.2) is 0 Å². The number of benzene rings is 1. The lowest BCUT2D eigenvalue weighted by Crippen LogP contribution is -2.14. The maximum absolute atomic E-state index is 11.2. The standard InChI is InChI=1S/C8H4N2O5.2C2H6/c11-7-5-3-4(10(13)14)1-2-6(5)9-8(12)15-7;2*1-2/h1-3H,(H,9,12);2*1-2H3. The molecular weight excluding hydrogens is 252 g/mol. The lowest BCUT2D eigenvalue weighted by molar-refractivity contribution is -0.384. The molecule has 0 saturated carbocycles. The van der Waals surface area contributed by atoms with Gasteiger partial charge in [0, 0.05) is 12.1 Å².